The first-order chi connectivity index (χ1) is 7.86. The smallest absolute Gasteiger partial charge is 0.325 e. The monoisotopic (exact) mass is 235 g/mol. The summed E-state index contributed by atoms with van der Waals surface area (Å²) in [6, 6.07) is 8.38. The molecule has 1 atom stereocenters. The van der Waals surface area contributed by atoms with Crippen LogP contribution in [-0.2, 0) is 9.53 Å². The van der Waals surface area contributed by atoms with Crippen LogP contribution in [-0.4, -0.2) is 18.6 Å². The molecule has 0 amide bonds. The minimum atomic E-state index is -0.681. The van der Waals surface area contributed by atoms with Gasteiger partial charge in [-0.3, -0.25) is 10.1 Å². The number of rotatable bonds is 4. The van der Waals surface area contributed by atoms with E-state index in [1.807, 2.05) is 20.8 Å². The minimum Gasteiger partial charge on any atom is -0.468 e. The van der Waals surface area contributed by atoms with Gasteiger partial charge in [0.25, 0.3) is 0 Å². The Bertz CT molecular complexity index is 382. The third-order valence-electron chi connectivity index (χ3n) is 2.85. The van der Waals surface area contributed by atoms with Crippen LogP contribution >= 0.6 is 0 Å². The van der Waals surface area contributed by atoms with E-state index in [-0.39, 0.29) is 12.0 Å². The van der Waals surface area contributed by atoms with Crippen molar-refractivity contribution in [2.45, 2.75) is 39.3 Å². The summed E-state index contributed by atoms with van der Waals surface area (Å²) in [6.45, 7) is 7.74. The van der Waals surface area contributed by atoms with Gasteiger partial charge in [-0.1, -0.05) is 29.8 Å². The lowest BCUT2D eigenvalue weighted by Crippen LogP contribution is -2.48. The van der Waals surface area contributed by atoms with Crippen LogP contribution in [0.5, 0.6) is 0 Å². The molecule has 0 heterocycles. The first-order valence-corrected chi connectivity index (χ1v) is 5.79. The normalized spacial score (nSPS) is 13.2. The number of carbonyl (C=O) groups is 1. The zero-order chi connectivity index (χ0) is 13.1. The predicted molar refractivity (Wildman–Crippen MR) is 68.8 cm³/mol. The molecule has 0 bridgehead atoms. The van der Waals surface area contributed by atoms with Crippen molar-refractivity contribution in [2.75, 3.05) is 7.11 Å². The third-order valence-corrected chi connectivity index (χ3v) is 2.85. The fourth-order valence-electron chi connectivity index (χ4n) is 1.79. The molecular weight excluding hydrogens is 214 g/mol. The highest BCUT2D eigenvalue weighted by Gasteiger charge is 2.30. The van der Waals surface area contributed by atoms with Crippen molar-refractivity contribution in [2.24, 2.45) is 0 Å². The van der Waals surface area contributed by atoms with Crippen LogP contribution in [0.1, 0.15) is 37.9 Å². The van der Waals surface area contributed by atoms with Crippen LogP contribution in [0.25, 0.3) is 0 Å². The van der Waals surface area contributed by atoms with E-state index in [0.717, 1.165) is 5.56 Å². The van der Waals surface area contributed by atoms with Gasteiger partial charge in [0.2, 0.25) is 0 Å². The van der Waals surface area contributed by atoms with E-state index < -0.39 is 5.54 Å². The molecule has 1 unspecified atom stereocenters. The van der Waals surface area contributed by atoms with Crippen molar-refractivity contribution in [1.29, 1.82) is 0 Å². The third kappa shape index (κ3) is 3.56. The van der Waals surface area contributed by atoms with E-state index >= 15 is 0 Å². The Morgan fingerprint density at radius 2 is 1.82 bits per heavy atom. The number of aryl methyl sites for hydroxylation is 1. The van der Waals surface area contributed by atoms with Crippen LogP contribution < -0.4 is 5.32 Å². The van der Waals surface area contributed by atoms with E-state index in [1.165, 1.54) is 12.7 Å². The summed E-state index contributed by atoms with van der Waals surface area (Å²) in [5.41, 5.74) is 1.71. The molecule has 0 fully saturated rings. The average molecular weight is 235 g/mol. The van der Waals surface area contributed by atoms with Crippen molar-refractivity contribution < 1.29 is 9.53 Å². The molecule has 0 aromatic heterocycles. The molecule has 0 saturated heterocycles. The van der Waals surface area contributed by atoms with E-state index in [0.29, 0.717) is 0 Å². The molecule has 1 rings (SSSR count). The molecule has 1 aromatic rings. The first-order valence-electron chi connectivity index (χ1n) is 5.79. The molecule has 0 aliphatic carbocycles. The van der Waals surface area contributed by atoms with Crippen LogP contribution in [0.3, 0.4) is 0 Å². The molecule has 0 spiro atoms. The fraction of sp³-hybridized carbons (Fsp3) is 0.500. The number of benzene rings is 1. The van der Waals surface area contributed by atoms with E-state index in [4.69, 9.17) is 4.74 Å². The lowest BCUT2D eigenvalue weighted by Gasteiger charge is -2.27. The minimum absolute atomic E-state index is 0.102. The van der Waals surface area contributed by atoms with E-state index in [2.05, 4.69) is 36.5 Å². The fourth-order valence-corrected chi connectivity index (χ4v) is 1.79. The van der Waals surface area contributed by atoms with Crippen LogP contribution in [0.4, 0.5) is 0 Å². The molecule has 1 aromatic carbocycles. The van der Waals surface area contributed by atoms with Crippen molar-refractivity contribution in [3.05, 3.63) is 35.4 Å². The molecule has 3 nitrogen and oxygen atoms in total. The van der Waals surface area contributed by atoms with Crippen LogP contribution in [0, 0.1) is 6.92 Å². The SMILES string of the molecule is COC(=O)C(C)(C)NC(C)c1ccc(C)cc1. The summed E-state index contributed by atoms with van der Waals surface area (Å²) in [5, 5.41) is 3.27. The van der Waals surface area contributed by atoms with E-state index in [1.54, 1.807) is 0 Å². The molecular formula is C14H21NO2. The van der Waals surface area contributed by atoms with Gasteiger partial charge >= 0.3 is 5.97 Å². The summed E-state index contributed by atoms with van der Waals surface area (Å²) in [6.07, 6.45) is 0. The topological polar surface area (TPSA) is 38.3 Å². The standard InChI is InChI=1S/C14H21NO2/c1-10-6-8-12(9-7-10)11(2)15-14(3,4)13(16)17-5/h6-9,11,15H,1-5H3. The Morgan fingerprint density at radius 1 is 1.29 bits per heavy atom. The van der Waals surface area contributed by atoms with Crippen molar-refractivity contribution in [1.82, 2.24) is 5.32 Å². The summed E-state index contributed by atoms with van der Waals surface area (Å²) in [7, 11) is 1.41. The zero-order valence-corrected chi connectivity index (χ0v) is 11.2. The maximum atomic E-state index is 11.6. The number of esters is 1. The maximum Gasteiger partial charge on any atom is 0.325 e. The number of ether oxygens (including phenoxy) is 1. The van der Waals surface area contributed by atoms with Gasteiger partial charge in [-0.25, -0.2) is 0 Å². The summed E-state index contributed by atoms with van der Waals surface area (Å²) in [4.78, 5) is 11.6. The quantitative estimate of drug-likeness (QED) is 0.815. The van der Waals surface area contributed by atoms with Crippen molar-refractivity contribution in [3.8, 4) is 0 Å². The molecule has 3 heteroatoms. The largest absolute Gasteiger partial charge is 0.468 e. The Kier molecular flexibility index (Phi) is 4.29. The lowest BCUT2D eigenvalue weighted by atomic mass is 10.0. The second-order valence-electron chi connectivity index (χ2n) is 4.89. The Morgan fingerprint density at radius 3 is 2.29 bits per heavy atom. The number of carbonyl (C=O) groups excluding carboxylic acids is 1. The molecule has 0 aliphatic rings. The summed E-state index contributed by atoms with van der Waals surface area (Å²) >= 11 is 0. The van der Waals surface area contributed by atoms with Crippen molar-refractivity contribution >= 4 is 5.97 Å². The van der Waals surface area contributed by atoms with Gasteiger partial charge in [0.15, 0.2) is 0 Å². The summed E-state index contributed by atoms with van der Waals surface area (Å²) < 4.78 is 4.77. The Balaban J connectivity index is 2.75. The Labute approximate surface area is 103 Å². The highest BCUT2D eigenvalue weighted by atomic mass is 16.5. The zero-order valence-electron chi connectivity index (χ0n) is 11.2. The van der Waals surface area contributed by atoms with Crippen molar-refractivity contribution in [3.63, 3.8) is 0 Å². The van der Waals surface area contributed by atoms with E-state index in [9.17, 15) is 4.79 Å². The second kappa shape index (κ2) is 5.32. The molecule has 94 valence electrons. The second-order valence-corrected chi connectivity index (χ2v) is 4.89. The molecule has 0 radical (unpaired) electrons. The van der Waals surface area contributed by atoms with Crippen LogP contribution in [0.2, 0.25) is 0 Å². The van der Waals surface area contributed by atoms with Gasteiger partial charge in [-0.15, -0.1) is 0 Å². The molecule has 1 N–H and O–H groups in total. The van der Waals surface area contributed by atoms with Gasteiger partial charge in [0, 0.05) is 6.04 Å². The molecule has 0 saturated carbocycles. The molecule has 0 aliphatic heterocycles. The molecule has 17 heavy (non-hydrogen) atoms. The number of nitrogens with one attached hydrogen (secondary N) is 1. The van der Waals surface area contributed by atoms with Gasteiger partial charge in [-0.05, 0) is 33.3 Å². The predicted octanol–water partition coefficient (Wildman–Crippen LogP) is 2.60. The first kappa shape index (κ1) is 13.7. The number of methoxy groups -OCH3 is 1. The highest BCUT2D eigenvalue weighted by Crippen LogP contribution is 2.17. The number of hydrogen-bond donors (Lipinski definition) is 1. The Hall–Kier alpha value is -1.35. The van der Waals surface area contributed by atoms with Crippen LogP contribution in [0.15, 0.2) is 24.3 Å². The average Bonchev–Trinajstić information content (AvgIpc) is 2.28. The van der Waals surface area contributed by atoms with Gasteiger partial charge in [-0.2, -0.15) is 0 Å². The highest BCUT2D eigenvalue weighted by molar-refractivity contribution is 5.79. The lowest BCUT2D eigenvalue weighted by molar-refractivity contribution is -0.147. The van der Waals surface area contributed by atoms with Gasteiger partial charge in [0.1, 0.15) is 5.54 Å². The summed E-state index contributed by atoms with van der Waals surface area (Å²) in [5.74, 6) is -0.253. The maximum absolute atomic E-state index is 11.6. The van der Waals surface area contributed by atoms with Gasteiger partial charge in [0.05, 0.1) is 7.11 Å². The van der Waals surface area contributed by atoms with Gasteiger partial charge < -0.3 is 4.74 Å². The number of hydrogen-bond acceptors (Lipinski definition) is 3.